The number of aryl methyl sites for hydroxylation is 3. The molecule has 0 aliphatic heterocycles. The molecule has 7 nitrogen and oxygen atoms in total. The van der Waals surface area contributed by atoms with Crippen molar-refractivity contribution in [3.63, 3.8) is 0 Å². The monoisotopic (exact) mass is 569 g/mol. The smallest absolute Gasteiger partial charge is 0.264 e. The van der Waals surface area contributed by atoms with E-state index in [1.165, 1.54) is 17.0 Å². The lowest BCUT2D eigenvalue weighted by molar-refractivity contribution is -0.140. The SMILES string of the molecule is CCNC(=O)C(CC)N(Cc1ccc(C)cc1)C(=O)CN(c1ccc(C)c(Cl)c1)S(=O)(=O)c1ccc(C)cc1. The number of benzene rings is 3. The van der Waals surface area contributed by atoms with Gasteiger partial charge < -0.3 is 10.2 Å². The number of amides is 2. The van der Waals surface area contributed by atoms with Gasteiger partial charge in [-0.1, -0.05) is 72.1 Å². The van der Waals surface area contributed by atoms with Gasteiger partial charge in [0.25, 0.3) is 10.0 Å². The maximum Gasteiger partial charge on any atom is 0.264 e. The van der Waals surface area contributed by atoms with Crippen LogP contribution in [0.2, 0.25) is 5.02 Å². The molecular weight excluding hydrogens is 534 g/mol. The Morgan fingerprint density at radius 3 is 2.03 bits per heavy atom. The standard InChI is InChI=1S/C30H36ClN3O4S/c1-6-28(30(36)32-7-2)33(19-24-13-8-21(3)9-14-24)29(35)20-34(25-15-12-23(5)27(31)18-25)39(37,38)26-16-10-22(4)11-17-26/h8-18,28H,6-7,19-20H2,1-5H3,(H,32,36). The third-order valence-corrected chi connectivity index (χ3v) is 8.74. The number of halogens is 1. The molecule has 39 heavy (non-hydrogen) atoms. The zero-order valence-electron chi connectivity index (χ0n) is 23.1. The van der Waals surface area contributed by atoms with Crippen LogP contribution in [-0.4, -0.2) is 44.3 Å². The zero-order chi connectivity index (χ0) is 28.7. The molecule has 0 bridgehead atoms. The quantitative estimate of drug-likeness (QED) is 0.335. The number of hydrogen-bond donors (Lipinski definition) is 1. The number of nitrogens with zero attached hydrogens (tertiary/aromatic N) is 2. The second-order valence-corrected chi connectivity index (χ2v) is 11.9. The van der Waals surface area contributed by atoms with Gasteiger partial charge in [-0.2, -0.15) is 0 Å². The molecule has 0 heterocycles. The highest BCUT2D eigenvalue weighted by atomic mass is 35.5. The molecule has 0 aromatic heterocycles. The Balaban J connectivity index is 2.08. The average molecular weight is 570 g/mol. The first-order chi connectivity index (χ1) is 18.5. The molecule has 0 aliphatic carbocycles. The molecule has 0 aliphatic rings. The fraction of sp³-hybridized carbons (Fsp3) is 0.333. The van der Waals surface area contributed by atoms with E-state index in [0.29, 0.717) is 18.0 Å². The number of carbonyl (C=O) groups excluding carboxylic acids is 2. The topological polar surface area (TPSA) is 86.8 Å². The second-order valence-electron chi connectivity index (χ2n) is 9.58. The van der Waals surface area contributed by atoms with Gasteiger partial charge in [0.2, 0.25) is 11.8 Å². The van der Waals surface area contributed by atoms with Crippen molar-refractivity contribution in [1.29, 1.82) is 0 Å². The van der Waals surface area contributed by atoms with E-state index in [1.54, 1.807) is 30.3 Å². The van der Waals surface area contributed by atoms with Gasteiger partial charge in [-0.25, -0.2) is 8.42 Å². The van der Waals surface area contributed by atoms with E-state index in [2.05, 4.69) is 5.32 Å². The molecule has 3 rings (SSSR count). The Morgan fingerprint density at radius 2 is 1.49 bits per heavy atom. The fourth-order valence-electron chi connectivity index (χ4n) is 4.20. The Morgan fingerprint density at radius 1 is 0.897 bits per heavy atom. The van der Waals surface area contributed by atoms with Crippen molar-refractivity contribution < 1.29 is 18.0 Å². The predicted octanol–water partition coefficient (Wildman–Crippen LogP) is 5.40. The first-order valence-electron chi connectivity index (χ1n) is 13.0. The van der Waals surface area contributed by atoms with Crippen molar-refractivity contribution in [3.05, 3.63) is 94.0 Å². The molecule has 208 valence electrons. The molecule has 1 N–H and O–H groups in total. The van der Waals surface area contributed by atoms with Gasteiger partial charge in [0.05, 0.1) is 10.6 Å². The summed E-state index contributed by atoms with van der Waals surface area (Å²) < 4.78 is 28.9. The van der Waals surface area contributed by atoms with Crippen molar-refractivity contribution in [2.24, 2.45) is 0 Å². The number of likely N-dealkylation sites (N-methyl/N-ethyl adjacent to an activating group) is 1. The van der Waals surface area contributed by atoms with Crippen LogP contribution in [0.3, 0.4) is 0 Å². The van der Waals surface area contributed by atoms with Crippen LogP contribution in [0.15, 0.2) is 71.6 Å². The van der Waals surface area contributed by atoms with Gasteiger partial charge >= 0.3 is 0 Å². The van der Waals surface area contributed by atoms with Crippen LogP contribution in [-0.2, 0) is 26.2 Å². The summed E-state index contributed by atoms with van der Waals surface area (Å²) in [4.78, 5) is 28.5. The minimum absolute atomic E-state index is 0.0541. The van der Waals surface area contributed by atoms with Gasteiger partial charge in [-0.3, -0.25) is 13.9 Å². The van der Waals surface area contributed by atoms with Crippen LogP contribution >= 0.6 is 11.6 Å². The number of sulfonamides is 1. The van der Waals surface area contributed by atoms with Gasteiger partial charge in [-0.05, 0) is 69.5 Å². The Bertz CT molecular complexity index is 1410. The lowest BCUT2D eigenvalue weighted by Crippen LogP contribution is -2.52. The maximum absolute atomic E-state index is 14.0. The van der Waals surface area contributed by atoms with E-state index >= 15 is 0 Å². The molecule has 1 unspecified atom stereocenters. The van der Waals surface area contributed by atoms with Crippen molar-refractivity contribution in [2.75, 3.05) is 17.4 Å². The van der Waals surface area contributed by atoms with E-state index in [9.17, 15) is 18.0 Å². The number of carbonyl (C=O) groups is 2. The second kappa shape index (κ2) is 13.1. The number of hydrogen-bond acceptors (Lipinski definition) is 4. The molecule has 1 atom stereocenters. The Kier molecular flexibility index (Phi) is 10.2. The number of nitrogens with one attached hydrogen (secondary N) is 1. The van der Waals surface area contributed by atoms with Crippen LogP contribution in [0.4, 0.5) is 5.69 Å². The average Bonchev–Trinajstić information content (AvgIpc) is 2.90. The van der Waals surface area contributed by atoms with Gasteiger partial charge in [0.15, 0.2) is 0 Å². The third-order valence-electron chi connectivity index (χ3n) is 6.54. The summed E-state index contributed by atoms with van der Waals surface area (Å²) >= 11 is 6.37. The summed E-state index contributed by atoms with van der Waals surface area (Å²) in [5.41, 5.74) is 3.86. The highest BCUT2D eigenvalue weighted by molar-refractivity contribution is 7.92. The molecule has 9 heteroatoms. The third kappa shape index (κ3) is 7.40. The summed E-state index contributed by atoms with van der Waals surface area (Å²) in [6.45, 7) is 9.36. The molecular formula is C30H36ClN3O4S. The van der Waals surface area contributed by atoms with Gasteiger partial charge in [-0.15, -0.1) is 0 Å². The lowest BCUT2D eigenvalue weighted by atomic mass is 10.1. The Hall–Kier alpha value is -3.36. The molecule has 3 aromatic carbocycles. The highest BCUT2D eigenvalue weighted by Crippen LogP contribution is 2.29. The first-order valence-corrected chi connectivity index (χ1v) is 14.8. The van der Waals surface area contributed by atoms with Crippen LogP contribution < -0.4 is 9.62 Å². The normalized spacial score (nSPS) is 12.1. The van der Waals surface area contributed by atoms with Crippen LogP contribution in [0.25, 0.3) is 0 Å². The van der Waals surface area contributed by atoms with E-state index in [0.717, 1.165) is 26.6 Å². The van der Waals surface area contributed by atoms with Crippen molar-refractivity contribution in [3.8, 4) is 0 Å². The van der Waals surface area contributed by atoms with E-state index in [4.69, 9.17) is 11.6 Å². The van der Waals surface area contributed by atoms with E-state index in [1.807, 2.05) is 58.9 Å². The molecule has 0 saturated heterocycles. The molecule has 0 fully saturated rings. The molecule has 0 saturated carbocycles. The van der Waals surface area contributed by atoms with Crippen LogP contribution in [0.5, 0.6) is 0 Å². The predicted molar refractivity (Wildman–Crippen MR) is 156 cm³/mol. The summed E-state index contributed by atoms with van der Waals surface area (Å²) in [5, 5.41) is 3.19. The van der Waals surface area contributed by atoms with E-state index < -0.39 is 28.5 Å². The maximum atomic E-state index is 14.0. The molecule has 0 spiro atoms. The van der Waals surface area contributed by atoms with Crippen molar-refractivity contribution in [1.82, 2.24) is 10.2 Å². The Labute approximate surface area is 236 Å². The fourth-order valence-corrected chi connectivity index (χ4v) is 5.79. The lowest BCUT2D eigenvalue weighted by Gasteiger charge is -2.33. The largest absolute Gasteiger partial charge is 0.355 e. The van der Waals surface area contributed by atoms with Crippen LogP contribution in [0.1, 0.15) is 42.5 Å². The highest BCUT2D eigenvalue weighted by Gasteiger charge is 2.33. The summed E-state index contributed by atoms with van der Waals surface area (Å²) in [7, 11) is -4.14. The van der Waals surface area contributed by atoms with E-state index in [-0.39, 0.29) is 23.0 Å². The van der Waals surface area contributed by atoms with Crippen molar-refractivity contribution >= 4 is 39.1 Å². The molecule has 0 radical (unpaired) electrons. The zero-order valence-corrected chi connectivity index (χ0v) is 24.6. The minimum atomic E-state index is -4.14. The number of rotatable bonds is 11. The minimum Gasteiger partial charge on any atom is -0.355 e. The van der Waals surface area contributed by atoms with Crippen molar-refractivity contribution in [2.45, 2.75) is 58.5 Å². The molecule has 2 amide bonds. The summed E-state index contributed by atoms with van der Waals surface area (Å²) in [5.74, 6) is -0.784. The first kappa shape index (κ1) is 30.2. The molecule has 3 aromatic rings. The van der Waals surface area contributed by atoms with Gasteiger partial charge in [0.1, 0.15) is 12.6 Å². The number of anilines is 1. The summed E-state index contributed by atoms with van der Waals surface area (Å²) in [6, 6.07) is 18.3. The summed E-state index contributed by atoms with van der Waals surface area (Å²) in [6.07, 6.45) is 0.366. The van der Waals surface area contributed by atoms with Crippen LogP contribution in [0, 0.1) is 20.8 Å². The van der Waals surface area contributed by atoms with Gasteiger partial charge in [0, 0.05) is 18.1 Å².